The van der Waals surface area contributed by atoms with Gasteiger partial charge in [-0.25, -0.2) is 4.68 Å². The molecule has 6 heteroatoms. The molecule has 4 aromatic rings. The number of ketones is 2. The van der Waals surface area contributed by atoms with Crippen LogP contribution >= 0.6 is 0 Å². The summed E-state index contributed by atoms with van der Waals surface area (Å²) in [6.07, 6.45) is 0. The van der Waals surface area contributed by atoms with Gasteiger partial charge in [0.1, 0.15) is 5.82 Å². The number of nitrogens with one attached hydrogen (secondary N) is 1. The number of nitrogens with zero attached hydrogens (tertiary/aromatic N) is 2. The van der Waals surface area contributed by atoms with Gasteiger partial charge in [0.2, 0.25) is 0 Å². The molecule has 0 aliphatic heterocycles. The zero-order valence-electron chi connectivity index (χ0n) is 16.6. The molecule has 1 aliphatic carbocycles. The summed E-state index contributed by atoms with van der Waals surface area (Å²) in [5.41, 5.74) is 2.72. The minimum Gasteiger partial charge on any atom is -0.306 e. The van der Waals surface area contributed by atoms with E-state index in [0.717, 1.165) is 11.4 Å². The van der Waals surface area contributed by atoms with Crippen molar-refractivity contribution in [3.63, 3.8) is 0 Å². The van der Waals surface area contributed by atoms with Crippen LogP contribution in [0, 0.1) is 6.92 Å². The average molecular weight is 407 g/mol. The number of aryl methyl sites for hydroxylation is 1. The Morgan fingerprint density at radius 2 is 1.45 bits per heavy atom. The van der Waals surface area contributed by atoms with Crippen LogP contribution in [-0.4, -0.2) is 27.3 Å². The van der Waals surface area contributed by atoms with E-state index in [1.54, 1.807) is 53.2 Å². The van der Waals surface area contributed by atoms with Gasteiger partial charge in [-0.15, -0.1) is 0 Å². The second kappa shape index (κ2) is 7.18. The highest BCUT2D eigenvalue weighted by Gasteiger charge is 2.33. The van der Waals surface area contributed by atoms with Gasteiger partial charge in [0.15, 0.2) is 11.6 Å². The summed E-state index contributed by atoms with van der Waals surface area (Å²) in [5, 5.41) is 7.31. The van der Waals surface area contributed by atoms with E-state index < -0.39 is 5.91 Å². The quantitative estimate of drug-likeness (QED) is 0.486. The molecule has 0 saturated carbocycles. The predicted octanol–water partition coefficient (Wildman–Crippen LogP) is 4.21. The monoisotopic (exact) mass is 407 g/mol. The van der Waals surface area contributed by atoms with Gasteiger partial charge in [-0.2, -0.15) is 5.10 Å². The first-order valence-corrected chi connectivity index (χ1v) is 9.79. The highest BCUT2D eigenvalue weighted by Crippen LogP contribution is 2.30. The van der Waals surface area contributed by atoms with Crippen LogP contribution in [-0.2, 0) is 0 Å². The first-order chi connectivity index (χ1) is 15.0. The van der Waals surface area contributed by atoms with Crippen LogP contribution in [0.15, 0.2) is 78.9 Å². The lowest BCUT2D eigenvalue weighted by Crippen LogP contribution is -2.26. The third-order valence-electron chi connectivity index (χ3n) is 5.27. The van der Waals surface area contributed by atoms with Crippen LogP contribution < -0.4 is 5.32 Å². The number of amides is 1. The molecule has 0 spiro atoms. The van der Waals surface area contributed by atoms with Crippen LogP contribution in [0.3, 0.4) is 0 Å². The van der Waals surface area contributed by atoms with Gasteiger partial charge in [0.05, 0.1) is 16.9 Å². The number of rotatable bonds is 3. The summed E-state index contributed by atoms with van der Waals surface area (Å²) in [4.78, 5) is 39.3. The maximum Gasteiger partial charge on any atom is 0.257 e. The van der Waals surface area contributed by atoms with E-state index in [9.17, 15) is 14.4 Å². The van der Waals surface area contributed by atoms with E-state index in [0.29, 0.717) is 16.9 Å². The lowest BCUT2D eigenvalue weighted by atomic mass is 9.81. The number of carbonyl (C=O) groups excluding carboxylic acids is 3. The summed E-state index contributed by atoms with van der Waals surface area (Å²) < 4.78 is 1.63. The Labute approximate surface area is 178 Å². The van der Waals surface area contributed by atoms with E-state index in [4.69, 9.17) is 0 Å². The van der Waals surface area contributed by atoms with Gasteiger partial charge in [0, 0.05) is 28.3 Å². The lowest BCUT2D eigenvalue weighted by Gasteiger charge is -2.19. The highest BCUT2D eigenvalue weighted by molar-refractivity contribution is 6.31. The summed E-state index contributed by atoms with van der Waals surface area (Å²) >= 11 is 0. The maximum atomic E-state index is 13.2. The van der Waals surface area contributed by atoms with Gasteiger partial charge in [-0.1, -0.05) is 54.6 Å². The van der Waals surface area contributed by atoms with Gasteiger partial charge >= 0.3 is 0 Å². The van der Waals surface area contributed by atoms with Crippen molar-refractivity contribution in [2.24, 2.45) is 0 Å². The largest absolute Gasteiger partial charge is 0.306 e. The molecule has 0 saturated heterocycles. The first-order valence-electron chi connectivity index (χ1n) is 9.79. The predicted molar refractivity (Wildman–Crippen MR) is 116 cm³/mol. The third kappa shape index (κ3) is 3.05. The molecule has 1 aromatic heterocycles. The van der Waals surface area contributed by atoms with Crippen molar-refractivity contribution in [2.75, 3.05) is 5.32 Å². The molecule has 1 amide bonds. The standard InChI is InChI=1S/C25H17N3O3/c1-15-14-21(28(27-15)16-8-3-2-4-9-16)26-25(31)20-13-7-12-19-22(20)24(30)18-11-6-5-10-17(18)23(19)29/h2-14H,1H3,(H,26,31). The SMILES string of the molecule is Cc1cc(NC(=O)c2cccc3c2C(=O)c2ccccc2C3=O)n(-c2ccccc2)n1. The maximum absolute atomic E-state index is 13.2. The number of benzene rings is 3. The summed E-state index contributed by atoms with van der Waals surface area (Å²) in [6, 6.07) is 22.6. The van der Waals surface area contributed by atoms with Crippen molar-refractivity contribution < 1.29 is 14.4 Å². The molecule has 0 bridgehead atoms. The van der Waals surface area contributed by atoms with E-state index in [1.165, 1.54) is 0 Å². The molecule has 1 N–H and O–H groups in total. The molecular weight excluding hydrogens is 390 g/mol. The molecular formula is C25H17N3O3. The van der Waals surface area contributed by atoms with Crippen LogP contribution in [0.1, 0.15) is 47.9 Å². The van der Waals surface area contributed by atoms with E-state index in [2.05, 4.69) is 10.4 Å². The highest BCUT2D eigenvalue weighted by atomic mass is 16.2. The molecule has 0 radical (unpaired) electrons. The fraction of sp³-hybridized carbons (Fsp3) is 0.0400. The van der Waals surface area contributed by atoms with Crippen LogP contribution in [0.4, 0.5) is 5.82 Å². The Morgan fingerprint density at radius 3 is 2.19 bits per heavy atom. The van der Waals surface area contributed by atoms with Crippen molar-refractivity contribution in [3.05, 3.63) is 112 Å². The van der Waals surface area contributed by atoms with Gasteiger partial charge in [0.25, 0.3) is 5.91 Å². The third-order valence-corrected chi connectivity index (χ3v) is 5.27. The number of fused-ring (bicyclic) bond motifs is 2. The van der Waals surface area contributed by atoms with E-state index >= 15 is 0 Å². The molecule has 0 fully saturated rings. The second-order valence-corrected chi connectivity index (χ2v) is 7.30. The number of para-hydroxylation sites is 1. The number of hydrogen-bond acceptors (Lipinski definition) is 4. The number of hydrogen-bond donors (Lipinski definition) is 1. The summed E-state index contributed by atoms with van der Waals surface area (Å²) in [6.45, 7) is 1.83. The lowest BCUT2D eigenvalue weighted by molar-refractivity contribution is 0.0969. The van der Waals surface area contributed by atoms with E-state index in [-0.39, 0.29) is 28.3 Å². The Balaban J connectivity index is 1.56. The van der Waals surface area contributed by atoms with Crippen molar-refractivity contribution >= 4 is 23.3 Å². The molecule has 5 rings (SSSR count). The Morgan fingerprint density at radius 1 is 0.806 bits per heavy atom. The topological polar surface area (TPSA) is 81.1 Å². The Bertz CT molecular complexity index is 1370. The molecule has 3 aromatic carbocycles. The molecule has 0 unspecified atom stereocenters. The van der Waals surface area contributed by atoms with Crippen LogP contribution in [0.2, 0.25) is 0 Å². The van der Waals surface area contributed by atoms with Gasteiger partial charge < -0.3 is 5.32 Å². The molecule has 6 nitrogen and oxygen atoms in total. The van der Waals surface area contributed by atoms with Crippen molar-refractivity contribution in [3.8, 4) is 5.69 Å². The van der Waals surface area contributed by atoms with Crippen LogP contribution in [0.25, 0.3) is 5.69 Å². The Kier molecular flexibility index (Phi) is 4.33. The summed E-state index contributed by atoms with van der Waals surface area (Å²) in [5.74, 6) is -0.593. The first kappa shape index (κ1) is 18.7. The molecule has 31 heavy (non-hydrogen) atoms. The fourth-order valence-electron chi connectivity index (χ4n) is 3.87. The average Bonchev–Trinajstić information content (AvgIpc) is 3.17. The van der Waals surface area contributed by atoms with Crippen LogP contribution in [0.5, 0.6) is 0 Å². The van der Waals surface area contributed by atoms with E-state index in [1.807, 2.05) is 37.3 Å². The van der Waals surface area contributed by atoms with Crippen molar-refractivity contribution in [2.45, 2.75) is 6.92 Å². The molecule has 150 valence electrons. The second-order valence-electron chi connectivity index (χ2n) is 7.30. The number of anilines is 1. The van der Waals surface area contributed by atoms with Crippen molar-refractivity contribution in [1.82, 2.24) is 9.78 Å². The molecule has 0 atom stereocenters. The van der Waals surface area contributed by atoms with Crippen molar-refractivity contribution in [1.29, 1.82) is 0 Å². The minimum absolute atomic E-state index is 0.131. The number of carbonyl (C=O) groups is 3. The normalized spacial score (nSPS) is 12.3. The minimum atomic E-state index is -0.477. The van der Waals surface area contributed by atoms with Gasteiger partial charge in [-0.3, -0.25) is 14.4 Å². The fourth-order valence-corrected chi connectivity index (χ4v) is 3.87. The van der Waals surface area contributed by atoms with Gasteiger partial charge in [-0.05, 0) is 25.1 Å². The smallest absolute Gasteiger partial charge is 0.257 e. The molecule has 1 heterocycles. The molecule has 1 aliphatic rings. The zero-order chi connectivity index (χ0) is 21.5. The Hall–Kier alpha value is -4.32. The zero-order valence-corrected chi connectivity index (χ0v) is 16.6. The number of aromatic nitrogens is 2. The summed E-state index contributed by atoms with van der Waals surface area (Å²) in [7, 11) is 0.